The number of carbonyl (C=O) groups is 1. The highest BCUT2D eigenvalue weighted by Gasteiger charge is 2.27. The summed E-state index contributed by atoms with van der Waals surface area (Å²) in [5.74, 6) is 0.856. The summed E-state index contributed by atoms with van der Waals surface area (Å²) in [6.07, 6.45) is 4.14. The average Bonchev–Trinajstić information content (AvgIpc) is 2.83. The topological polar surface area (TPSA) is 97.0 Å². The summed E-state index contributed by atoms with van der Waals surface area (Å²) in [5, 5.41) is 12.1. The number of rotatable bonds is 5. The van der Waals surface area contributed by atoms with Crippen LogP contribution in [0.5, 0.6) is 17.2 Å². The smallest absolute Gasteiger partial charge is 0.261 e. The van der Waals surface area contributed by atoms with Gasteiger partial charge in [-0.05, 0) is 43.4 Å². The van der Waals surface area contributed by atoms with Gasteiger partial charge in [0.25, 0.3) is 5.91 Å². The van der Waals surface area contributed by atoms with E-state index in [1.165, 1.54) is 38.1 Å². The minimum atomic E-state index is -0.437. The Labute approximate surface area is 191 Å². The van der Waals surface area contributed by atoms with E-state index in [4.69, 9.17) is 24.0 Å². The highest BCUT2D eigenvalue weighted by atomic mass is 16.5. The molecule has 0 fully saturated rings. The molecule has 0 aliphatic carbocycles. The van der Waals surface area contributed by atoms with Crippen molar-refractivity contribution >= 4 is 28.3 Å². The Kier molecular flexibility index (Phi) is 5.36. The number of methoxy groups -OCH3 is 3. The van der Waals surface area contributed by atoms with Gasteiger partial charge in [-0.3, -0.25) is 10.2 Å². The van der Waals surface area contributed by atoms with Crippen molar-refractivity contribution in [2.75, 3.05) is 44.6 Å². The van der Waals surface area contributed by atoms with Crippen LogP contribution < -0.4 is 30.0 Å². The Balaban J connectivity index is 1.54. The summed E-state index contributed by atoms with van der Waals surface area (Å²) >= 11 is 0. The van der Waals surface area contributed by atoms with Crippen LogP contribution in [0, 0.1) is 5.41 Å². The van der Waals surface area contributed by atoms with Crippen LogP contribution in [0.3, 0.4) is 0 Å². The molecular weight excluding hydrogens is 422 g/mol. The summed E-state index contributed by atoms with van der Waals surface area (Å²) in [7, 11) is 4.55. The molecule has 0 saturated heterocycles. The van der Waals surface area contributed by atoms with E-state index in [-0.39, 0.29) is 11.1 Å². The van der Waals surface area contributed by atoms with Gasteiger partial charge in [-0.25, -0.2) is 0 Å². The number of anilines is 2. The molecule has 1 aromatic heterocycles. The second kappa shape index (κ2) is 8.35. The van der Waals surface area contributed by atoms with Gasteiger partial charge >= 0.3 is 0 Å². The molecule has 2 aliphatic heterocycles. The molecule has 2 aromatic carbocycles. The summed E-state index contributed by atoms with van der Waals surface area (Å²) < 4.78 is 22.0. The van der Waals surface area contributed by atoms with Gasteiger partial charge in [0.05, 0.1) is 21.3 Å². The monoisotopic (exact) mass is 449 g/mol. The Morgan fingerprint density at radius 1 is 1.00 bits per heavy atom. The molecule has 2 aliphatic rings. The van der Waals surface area contributed by atoms with Crippen LogP contribution in [0.25, 0.3) is 11.0 Å². The third-order valence-corrected chi connectivity index (χ3v) is 6.42. The molecule has 0 atom stereocenters. The maximum Gasteiger partial charge on any atom is 0.261 e. The molecule has 33 heavy (non-hydrogen) atoms. The lowest BCUT2D eigenvalue weighted by atomic mass is 9.90. The fraction of sp³-hybridized carbons (Fsp3) is 0.360. The number of amides is 1. The van der Waals surface area contributed by atoms with Crippen LogP contribution in [0.4, 0.5) is 11.4 Å². The van der Waals surface area contributed by atoms with Gasteiger partial charge in [0.2, 0.25) is 11.3 Å². The van der Waals surface area contributed by atoms with E-state index in [9.17, 15) is 4.79 Å². The standard InChI is InChI=1S/C25H27N3O5/c1-30-19-12-16(13-20(31-2)23(19)32-3)27-25(29)18-11-15-10-14-6-4-8-28-9-5-7-17(21(14)28)22(15)33-24(18)26/h10-13,26H,4-9H2,1-3H3,(H,27,29). The molecule has 172 valence electrons. The molecule has 0 spiro atoms. The normalized spacial score (nSPS) is 14.6. The first-order chi connectivity index (χ1) is 16.0. The highest BCUT2D eigenvalue weighted by Crippen LogP contribution is 2.41. The lowest BCUT2D eigenvalue weighted by molar-refractivity contribution is 0.102. The number of hydrogen-bond donors (Lipinski definition) is 2. The number of fused-ring (bicyclic) bond motifs is 2. The molecule has 0 radical (unpaired) electrons. The quantitative estimate of drug-likeness (QED) is 0.613. The Morgan fingerprint density at radius 2 is 1.70 bits per heavy atom. The van der Waals surface area contributed by atoms with Crippen LogP contribution in [-0.2, 0) is 12.8 Å². The molecule has 0 bridgehead atoms. The summed E-state index contributed by atoms with van der Waals surface area (Å²) in [6, 6.07) is 7.18. The third-order valence-electron chi connectivity index (χ3n) is 6.42. The fourth-order valence-electron chi connectivity index (χ4n) is 4.98. The molecule has 0 saturated carbocycles. The molecule has 0 unspecified atom stereocenters. The Hall–Kier alpha value is -3.68. The minimum Gasteiger partial charge on any atom is -0.493 e. The minimum absolute atomic E-state index is 0.156. The van der Waals surface area contributed by atoms with Gasteiger partial charge in [0.1, 0.15) is 11.1 Å². The van der Waals surface area contributed by atoms with Gasteiger partial charge in [-0.2, -0.15) is 0 Å². The van der Waals surface area contributed by atoms with E-state index in [0.29, 0.717) is 22.9 Å². The zero-order valence-corrected chi connectivity index (χ0v) is 19.0. The molecule has 1 amide bonds. The summed E-state index contributed by atoms with van der Waals surface area (Å²) in [4.78, 5) is 15.6. The zero-order chi connectivity index (χ0) is 23.1. The molecule has 5 rings (SSSR count). The van der Waals surface area contributed by atoms with Crippen molar-refractivity contribution in [1.29, 1.82) is 5.41 Å². The molecule has 3 heterocycles. The molecule has 2 N–H and O–H groups in total. The van der Waals surface area contributed by atoms with Crippen LogP contribution in [0.1, 0.15) is 34.3 Å². The van der Waals surface area contributed by atoms with E-state index in [0.717, 1.165) is 49.7 Å². The number of nitrogens with one attached hydrogen (secondary N) is 2. The second-order valence-electron chi connectivity index (χ2n) is 8.33. The van der Waals surface area contributed by atoms with Crippen molar-refractivity contribution in [2.45, 2.75) is 25.7 Å². The van der Waals surface area contributed by atoms with Crippen molar-refractivity contribution in [2.24, 2.45) is 0 Å². The van der Waals surface area contributed by atoms with Gasteiger partial charge in [0, 0.05) is 47.5 Å². The van der Waals surface area contributed by atoms with Crippen LogP contribution in [0.15, 0.2) is 28.7 Å². The van der Waals surface area contributed by atoms with Crippen LogP contribution in [-0.4, -0.2) is 40.3 Å². The number of ether oxygens (including phenoxy) is 3. The lowest BCUT2D eigenvalue weighted by Gasteiger charge is -2.37. The Morgan fingerprint density at radius 3 is 2.36 bits per heavy atom. The van der Waals surface area contributed by atoms with Gasteiger partial charge in [-0.15, -0.1) is 0 Å². The first-order valence-electron chi connectivity index (χ1n) is 11.1. The number of carbonyl (C=O) groups excluding carboxylic acids is 1. The number of aryl methyl sites for hydroxylation is 2. The van der Waals surface area contributed by atoms with Gasteiger partial charge < -0.3 is 28.8 Å². The van der Waals surface area contributed by atoms with Crippen molar-refractivity contribution in [1.82, 2.24) is 0 Å². The number of benzene rings is 2. The zero-order valence-electron chi connectivity index (χ0n) is 19.0. The lowest BCUT2D eigenvalue weighted by Crippen LogP contribution is -2.34. The predicted molar refractivity (Wildman–Crippen MR) is 125 cm³/mol. The van der Waals surface area contributed by atoms with Crippen molar-refractivity contribution in [3.8, 4) is 17.2 Å². The maximum absolute atomic E-state index is 13.1. The summed E-state index contributed by atoms with van der Waals surface area (Å²) in [5.41, 5.74) is 4.94. The van der Waals surface area contributed by atoms with E-state index >= 15 is 0 Å². The van der Waals surface area contributed by atoms with Crippen molar-refractivity contribution in [3.05, 3.63) is 46.5 Å². The average molecular weight is 450 g/mol. The van der Waals surface area contributed by atoms with Crippen LogP contribution >= 0.6 is 0 Å². The SMILES string of the molecule is COc1cc(NC(=O)c2cc3cc4c5c(c3oc2=N)CCCN5CCC4)cc(OC)c1OC. The Bertz CT molecular complexity index is 1290. The largest absolute Gasteiger partial charge is 0.493 e. The predicted octanol–water partition coefficient (Wildman–Crippen LogP) is 3.89. The molecular formula is C25H27N3O5. The highest BCUT2D eigenvalue weighted by molar-refractivity contribution is 6.06. The van der Waals surface area contributed by atoms with Crippen molar-refractivity contribution < 1.29 is 23.4 Å². The van der Waals surface area contributed by atoms with E-state index in [2.05, 4.69) is 16.3 Å². The van der Waals surface area contributed by atoms with E-state index in [1.807, 2.05) is 0 Å². The molecule has 3 aromatic rings. The third kappa shape index (κ3) is 3.55. The summed E-state index contributed by atoms with van der Waals surface area (Å²) in [6.45, 7) is 2.13. The van der Waals surface area contributed by atoms with E-state index < -0.39 is 5.91 Å². The van der Waals surface area contributed by atoms with Gasteiger partial charge in [0.15, 0.2) is 11.5 Å². The number of hydrogen-bond acceptors (Lipinski definition) is 7. The second-order valence-corrected chi connectivity index (χ2v) is 8.33. The first-order valence-corrected chi connectivity index (χ1v) is 11.1. The van der Waals surface area contributed by atoms with E-state index in [1.54, 1.807) is 18.2 Å². The number of nitrogens with zero attached hydrogens (tertiary/aromatic N) is 1. The van der Waals surface area contributed by atoms with Crippen molar-refractivity contribution in [3.63, 3.8) is 0 Å². The maximum atomic E-state index is 13.1. The first kappa shape index (κ1) is 21.2. The molecule has 8 nitrogen and oxygen atoms in total. The molecule has 8 heteroatoms. The van der Waals surface area contributed by atoms with Crippen LogP contribution in [0.2, 0.25) is 0 Å². The van der Waals surface area contributed by atoms with Gasteiger partial charge in [-0.1, -0.05) is 0 Å². The fourth-order valence-corrected chi connectivity index (χ4v) is 4.98.